The first-order valence-corrected chi connectivity index (χ1v) is 9.35. The fourth-order valence-corrected chi connectivity index (χ4v) is 3.46. The summed E-state index contributed by atoms with van der Waals surface area (Å²) in [4.78, 5) is 5.14. The molecule has 3 nitrogen and oxygen atoms in total. The van der Waals surface area contributed by atoms with E-state index >= 15 is 0 Å². The largest absolute Gasteiger partial charge is 0.379 e. The Kier molecular flexibility index (Phi) is 6.62. The van der Waals surface area contributed by atoms with Gasteiger partial charge in [0.25, 0.3) is 0 Å². The first kappa shape index (κ1) is 18.1. The molecule has 1 aliphatic rings. The third-order valence-electron chi connectivity index (χ3n) is 5.11. The summed E-state index contributed by atoms with van der Waals surface area (Å²) in [5.74, 6) is 0. The summed E-state index contributed by atoms with van der Waals surface area (Å²) in [6.07, 6.45) is 0. The molecule has 1 aliphatic heterocycles. The van der Waals surface area contributed by atoms with Crippen LogP contribution in [0.5, 0.6) is 0 Å². The lowest BCUT2D eigenvalue weighted by atomic mass is 10.1. The Bertz CT molecular complexity index is 637. The minimum Gasteiger partial charge on any atom is -0.379 e. The van der Waals surface area contributed by atoms with Gasteiger partial charge >= 0.3 is 0 Å². The minimum absolute atomic E-state index is 0.498. The number of hydrogen-bond donors (Lipinski definition) is 0. The molecule has 0 N–H and O–H groups in total. The van der Waals surface area contributed by atoms with Crippen LogP contribution < -0.4 is 0 Å². The van der Waals surface area contributed by atoms with Crippen LogP contribution >= 0.6 is 0 Å². The Balaban J connectivity index is 1.71. The maximum absolute atomic E-state index is 5.49. The van der Waals surface area contributed by atoms with Gasteiger partial charge in [-0.3, -0.25) is 9.80 Å². The molecule has 1 heterocycles. The highest BCUT2D eigenvalue weighted by Crippen LogP contribution is 2.17. The van der Waals surface area contributed by atoms with Crippen LogP contribution in [0.25, 0.3) is 0 Å². The van der Waals surface area contributed by atoms with Crippen LogP contribution in [0, 0.1) is 6.92 Å². The molecule has 0 saturated carbocycles. The summed E-state index contributed by atoms with van der Waals surface area (Å²) < 4.78 is 5.49. The Morgan fingerprint density at radius 1 is 0.960 bits per heavy atom. The molecule has 2 aromatic rings. The van der Waals surface area contributed by atoms with Crippen LogP contribution in [0.4, 0.5) is 0 Å². The zero-order valence-corrected chi connectivity index (χ0v) is 15.5. The molecule has 0 bridgehead atoms. The lowest BCUT2D eigenvalue weighted by Gasteiger charge is -2.35. The Hall–Kier alpha value is -1.68. The molecule has 3 rings (SSSR count). The summed E-state index contributed by atoms with van der Waals surface area (Å²) in [6, 6.07) is 20.1. The van der Waals surface area contributed by atoms with E-state index in [1.807, 2.05) is 0 Å². The molecule has 0 radical (unpaired) electrons. The van der Waals surface area contributed by atoms with Gasteiger partial charge in [0.15, 0.2) is 0 Å². The van der Waals surface area contributed by atoms with Crippen molar-refractivity contribution in [2.24, 2.45) is 0 Å². The van der Waals surface area contributed by atoms with Crippen molar-refractivity contribution in [2.75, 3.05) is 32.8 Å². The maximum atomic E-state index is 5.49. The maximum Gasteiger partial charge on any atom is 0.0594 e. The second-order valence-corrected chi connectivity index (χ2v) is 7.08. The number of nitrogens with zero attached hydrogens (tertiary/aromatic N) is 2. The minimum atomic E-state index is 0.498. The van der Waals surface area contributed by atoms with Crippen LogP contribution in [0.3, 0.4) is 0 Å². The second-order valence-electron chi connectivity index (χ2n) is 7.08. The quantitative estimate of drug-likeness (QED) is 0.765. The van der Waals surface area contributed by atoms with E-state index in [2.05, 4.69) is 78.2 Å². The van der Waals surface area contributed by atoms with Crippen molar-refractivity contribution in [3.8, 4) is 0 Å². The van der Waals surface area contributed by atoms with Gasteiger partial charge in [0.2, 0.25) is 0 Å². The van der Waals surface area contributed by atoms with Crippen LogP contribution in [0.1, 0.15) is 23.6 Å². The third kappa shape index (κ3) is 5.40. The van der Waals surface area contributed by atoms with Crippen molar-refractivity contribution in [1.29, 1.82) is 0 Å². The van der Waals surface area contributed by atoms with Gasteiger partial charge in [-0.15, -0.1) is 0 Å². The van der Waals surface area contributed by atoms with E-state index in [9.17, 15) is 0 Å². The van der Waals surface area contributed by atoms with E-state index in [0.29, 0.717) is 6.04 Å². The fourth-order valence-electron chi connectivity index (χ4n) is 3.46. The van der Waals surface area contributed by atoms with Crippen LogP contribution in [-0.2, 0) is 17.8 Å². The van der Waals surface area contributed by atoms with Gasteiger partial charge in [-0.2, -0.15) is 0 Å². The lowest BCUT2D eigenvalue weighted by Crippen LogP contribution is -2.45. The number of morpholine rings is 1. The topological polar surface area (TPSA) is 15.7 Å². The molecule has 1 saturated heterocycles. The van der Waals surface area contributed by atoms with Gasteiger partial charge in [0.1, 0.15) is 0 Å². The van der Waals surface area contributed by atoms with Crippen molar-refractivity contribution in [3.63, 3.8) is 0 Å². The standard InChI is InChI=1S/C22H30N2O/c1-19-8-6-7-11-22(19)18-24(17-21-9-4-3-5-10-21)20(2)16-23-12-14-25-15-13-23/h3-11,20H,12-18H2,1-2H3. The number of rotatable bonds is 7. The van der Waals surface area contributed by atoms with Gasteiger partial charge in [-0.05, 0) is 30.5 Å². The summed E-state index contributed by atoms with van der Waals surface area (Å²) in [6.45, 7) is 11.5. The van der Waals surface area contributed by atoms with Gasteiger partial charge in [0.05, 0.1) is 13.2 Å². The fraction of sp³-hybridized carbons (Fsp3) is 0.455. The highest BCUT2D eigenvalue weighted by atomic mass is 16.5. The third-order valence-corrected chi connectivity index (χ3v) is 5.11. The predicted octanol–water partition coefficient (Wildman–Crippen LogP) is 3.72. The predicted molar refractivity (Wildman–Crippen MR) is 104 cm³/mol. The molecule has 1 atom stereocenters. The molecule has 134 valence electrons. The summed E-state index contributed by atoms with van der Waals surface area (Å²) in [5, 5.41) is 0. The van der Waals surface area contributed by atoms with Crippen molar-refractivity contribution in [2.45, 2.75) is 33.0 Å². The molecule has 0 aromatic heterocycles. The summed E-state index contributed by atoms with van der Waals surface area (Å²) >= 11 is 0. The summed E-state index contributed by atoms with van der Waals surface area (Å²) in [7, 11) is 0. The van der Waals surface area contributed by atoms with E-state index in [4.69, 9.17) is 4.74 Å². The Morgan fingerprint density at radius 3 is 2.36 bits per heavy atom. The van der Waals surface area contributed by atoms with Gasteiger partial charge in [-0.1, -0.05) is 54.6 Å². The van der Waals surface area contributed by atoms with Crippen molar-refractivity contribution in [1.82, 2.24) is 9.80 Å². The van der Waals surface area contributed by atoms with Gasteiger partial charge < -0.3 is 4.74 Å². The van der Waals surface area contributed by atoms with Crippen molar-refractivity contribution >= 4 is 0 Å². The monoisotopic (exact) mass is 338 g/mol. The SMILES string of the molecule is Cc1ccccc1CN(Cc1ccccc1)C(C)CN1CCOCC1. The Morgan fingerprint density at radius 2 is 1.64 bits per heavy atom. The van der Waals surface area contributed by atoms with Gasteiger partial charge in [-0.25, -0.2) is 0 Å². The lowest BCUT2D eigenvalue weighted by molar-refractivity contribution is 0.0226. The van der Waals surface area contributed by atoms with E-state index in [-0.39, 0.29) is 0 Å². The average Bonchev–Trinajstić information content (AvgIpc) is 2.64. The second kappa shape index (κ2) is 9.14. The van der Waals surface area contributed by atoms with E-state index in [1.54, 1.807) is 0 Å². The number of benzene rings is 2. The molecular formula is C22H30N2O. The van der Waals surface area contributed by atoms with E-state index in [1.165, 1.54) is 16.7 Å². The molecule has 3 heteroatoms. The highest BCUT2D eigenvalue weighted by molar-refractivity contribution is 5.25. The highest BCUT2D eigenvalue weighted by Gasteiger charge is 2.20. The number of ether oxygens (including phenoxy) is 1. The molecule has 0 spiro atoms. The van der Waals surface area contributed by atoms with E-state index < -0.39 is 0 Å². The molecule has 1 fully saturated rings. The molecular weight excluding hydrogens is 308 g/mol. The average molecular weight is 338 g/mol. The molecule has 2 aromatic carbocycles. The van der Waals surface area contributed by atoms with E-state index in [0.717, 1.165) is 45.9 Å². The first-order valence-electron chi connectivity index (χ1n) is 9.35. The van der Waals surface area contributed by atoms with Crippen molar-refractivity contribution < 1.29 is 4.74 Å². The van der Waals surface area contributed by atoms with Crippen LogP contribution in [0.2, 0.25) is 0 Å². The normalized spacial score (nSPS) is 16.9. The zero-order chi connectivity index (χ0) is 17.5. The van der Waals surface area contributed by atoms with Crippen LogP contribution in [0.15, 0.2) is 54.6 Å². The first-order chi connectivity index (χ1) is 12.2. The smallest absolute Gasteiger partial charge is 0.0594 e. The van der Waals surface area contributed by atoms with Crippen LogP contribution in [-0.4, -0.2) is 48.7 Å². The zero-order valence-electron chi connectivity index (χ0n) is 15.5. The molecule has 0 amide bonds. The summed E-state index contributed by atoms with van der Waals surface area (Å²) in [5.41, 5.74) is 4.18. The van der Waals surface area contributed by atoms with Crippen molar-refractivity contribution in [3.05, 3.63) is 71.3 Å². The number of aryl methyl sites for hydroxylation is 1. The number of hydrogen-bond acceptors (Lipinski definition) is 3. The molecule has 25 heavy (non-hydrogen) atoms. The Labute approximate surface area is 152 Å². The molecule has 0 aliphatic carbocycles. The van der Waals surface area contributed by atoms with Gasteiger partial charge in [0, 0.05) is 38.8 Å². The molecule has 1 unspecified atom stereocenters.